The molecule has 1 unspecified atom stereocenters. The van der Waals surface area contributed by atoms with Crippen molar-refractivity contribution in [1.82, 2.24) is 0 Å². The first-order chi connectivity index (χ1) is 5.61. The molecular weight excluding hydrogens is 212 g/mol. The number of alkyl halides is 1. The van der Waals surface area contributed by atoms with Crippen LogP contribution in [0.25, 0.3) is 0 Å². The zero-order valence-corrected chi connectivity index (χ0v) is 9.43. The highest BCUT2D eigenvalue weighted by Crippen LogP contribution is 2.23. The van der Waals surface area contributed by atoms with E-state index < -0.39 is 0 Å². The van der Waals surface area contributed by atoms with Crippen molar-refractivity contribution in [3.63, 3.8) is 0 Å². The van der Waals surface area contributed by atoms with Crippen molar-refractivity contribution in [3.05, 3.63) is 35.4 Å². The van der Waals surface area contributed by atoms with Crippen LogP contribution < -0.4 is 0 Å². The molecular formula is C11H15Br. The molecule has 0 heterocycles. The van der Waals surface area contributed by atoms with Gasteiger partial charge in [-0.3, -0.25) is 0 Å². The first kappa shape index (κ1) is 9.79. The lowest BCUT2D eigenvalue weighted by Crippen LogP contribution is -1.88. The van der Waals surface area contributed by atoms with E-state index in [9.17, 15) is 0 Å². The van der Waals surface area contributed by atoms with Crippen LogP contribution in [0.2, 0.25) is 0 Å². The molecule has 1 aromatic rings. The number of hydrogen-bond donors (Lipinski definition) is 0. The summed E-state index contributed by atoms with van der Waals surface area (Å²) in [4.78, 5) is 0.457. The molecule has 1 heteroatoms. The van der Waals surface area contributed by atoms with Crippen molar-refractivity contribution >= 4 is 15.9 Å². The molecule has 0 saturated carbocycles. The fourth-order valence-corrected chi connectivity index (χ4v) is 1.45. The van der Waals surface area contributed by atoms with Gasteiger partial charge in [-0.15, -0.1) is 0 Å². The van der Waals surface area contributed by atoms with Crippen LogP contribution in [-0.2, 0) is 0 Å². The number of rotatable bonds is 2. The lowest BCUT2D eigenvalue weighted by molar-refractivity contribution is 0.865. The van der Waals surface area contributed by atoms with Crippen LogP contribution in [0, 0.1) is 0 Å². The third-order valence-electron chi connectivity index (χ3n) is 2.06. The standard InChI is InChI=1S/C11H15Br/c1-8(2)10-4-6-11(7-5-10)9(3)12/h4-9H,1-3H3. The Kier molecular flexibility index (Phi) is 3.33. The third kappa shape index (κ3) is 2.34. The largest absolute Gasteiger partial charge is 0.0842 e. The van der Waals surface area contributed by atoms with Gasteiger partial charge in [0.2, 0.25) is 0 Å². The second-order valence-electron chi connectivity index (χ2n) is 3.44. The zero-order valence-electron chi connectivity index (χ0n) is 7.84. The van der Waals surface area contributed by atoms with Gasteiger partial charge in [0.05, 0.1) is 0 Å². The summed E-state index contributed by atoms with van der Waals surface area (Å²) in [5.41, 5.74) is 2.76. The van der Waals surface area contributed by atoms with E-state index in [0.717, 1.165) is 0 Å². The molecule has 0 radical (unpaired) electrons. The van der Waals surface area contributed by atoms with Gasteiger partial charge in [-0.1, -0.05) is 54.0 Å². The van der Waals surface area contributed by atoms with Gasteiger partial charge in [0, 0.05) is 4.83 Å². The maximum Gasteiger partial charge on any atom is 0.0367 e. The van der Waals surface area contributed by atoms with Gasteiger partial charge in [-0.25, -0.2) is 0 Å². The van der Waals surface area contributed by atoms with Crippen molar-refractivity contribution in [2.45, 2.75) is 31.5 Å². The Bertz CT molecular complexity index is 207. The summed E-state index contributed by atoms with van der Waals surface area (Å²) in [7, 11) is 0. The van der Waals surface area contributed by atoms with Gasteiger partial charge in [-0.05, 0) is 24.0 Å². The fraction of sp³-hybridized carbons (Fsp3) is 0.455. The van der Waals surface area contributed by atoms with E-state index >= 15 is 0 Å². The normalized spacial score (nSPS) is 13.4. The van der Waals surface area contributed by atoms with E-state index in [0.29, 0.717) is 10.7 Å². The average Bonchev–Trinajstić information content (AvgIpc) is 2.04. The van der Waals surface area contributed by atoms with Crippen LogP contribution in [-0.4, -0.2) is 0 Å². The van der Waals surface area contributed by atoms with Gasteiger partial charge in [0.25, 0.3) is 0 Å². The van der Waals surface area contributed by atoms with E-state index in [4.69, 9.17) is 0 Å². The molecule has 1 aromatic carbocycles. The van der Waals surface area contributed by atoms with Gasteiger partial charge in [-0.2, -0.15) is 0 Å². The van der Waals surface area contributed by atoms with Crippen LogP contribution in [0.15, 0.2) is 24.3 Å². The average molecular weight is 227 g/mol. The van der Waals surface area contributed by atoms with Gasteiger partial charge < -0.3 is 0 Å². The van der Waals surface area contributed by atoms with Gasteiger partial charge >= 0.3 is 0 Å². The SMILES string of the molecule is CC(C)c1ccc(C(C)Br)cc1. The van der Waals surface area contributed by atoms with Crippen molar-refractivity contribution in [2.75, 3.05) is 0 Å². The maximum atomic E-state index is 3.54. The molecule has 0 aromatic heterocycles. The highest BCUT2D eigenvalue weighted by Gasteiger charge is 2.01. The smallest absolute Gasteiger partial charge is 0.0367 e. The molecule has 0 aliphatic rings. The summed E-state index contributed by atoms with van der Waals surface area (Å²) >= 11 is 3.54. The van der Waals surface area contributed by atoms with E-state index in [-0.39, 0.29) is 0 Å². The van der Waals surface area contributed by atoms with Crippen molar-refractivity contribution in [3.8, 4) is 0 Å². The van der Waals surface area contributed by atoms with Crippen LogP contribution in [0.4, 0.5) is 0 Å². The predicted molar refractivity (Wildman–Crippen MR) is 57.9 cm³/mol. The van der Waals surface area contributed by atoms with E-state index in [1.165, 1.54) is 11.1 Å². The maximum absolute atomic E-state index is 3.54. The molecule has 66 valence electrons. The molecule has 0 spiro atoms. The second kappa shape index (κ2) is 4.08. The minimum absolute atomic E-state index is 0.457. The molecule has 0 aliphatic carbocycles. The Morgan fingerprint density at radius 1 is 0.917 bits per heavy atom. The lowest BCUT2D eigenvalue weighted by atomic mass is 10.0. The molecule has 1 rings (SSSR count). The Morgan fingerprint density at radius 2 is 1.33 bits per heavy atom. The van der Waals surface area contributed by atoms with Crippen LogP contribution in [0.1, 0.15) is 42.6 Å². The molecule has 0 bridgehead atoms. The van der Waals surface area contributed by atoms with E-state index in [1.807, 2.05) is 0 Å². The number of halogens is 1. The first-order valence-electron chi connectivity index (χ1n) is 4.35. The van der Waals surface area contributed by atoms with Crippen LogP contribution in [0.5, 0.6) is 0 Å². The molecule has 0 N–H and O–H groups in total. The first-order valence-corrected chi connectivity index (χ1v) is 5.26. The minimum atomic E-state index is 0.457. The minimum Gasteiger partial charge on any atom is -0.0842 e. The van der Waals surface area contributed by atoms with E-state index in [1.54, 1.807) is 0 Å². The monoisotopic (exact) mass is 226 g/mol. The Labute approximate surface area is 83.1 Å². The van der Waals surface area contributed by atoms with Crippen molar-refractivity contribution in [2.24, 2.45) is 0 Å². The zero-order chi connectivity index (χ0) is 9.14. The molecule has 0 nitrogen and oxygen atoms in total. The molecule has 0 fully saturated rings. The van der Waals surface area contributed by atoms with Gasteiger partial charge in [0.1, 0.15) is 0 Å². The summed E-state index contributed by atoms with van der Waals surface area (Å²) in [6.45, 7) is 6.57. The van der Waals surface area contributed by atoms with Crippen molar-refractivity contribution in [1.29, 1.82) is 0 Å². The van der Waals surface area contributed by atoms with Crippen LogP contribution in [0.3, 0.4) is 0 Å². The molecule has 0 aliphatic heterocycles. The van der Waals surface area contributed by atoms with Gasteiger partial charge in [0.15, 0.2) is 0 Å². The molecule has 0 saturated heterocycles. The molecule has 0 amide bonds. The number of hydrogen-bond acceptors (Lipinski definition) is 0. The Hall–Kier alpha value is -0.300. The van der Waals surface area contributed by atoms with Crippen LogP contribution >= 0.6 is 15.9 Å². The second-order valence-corrected chi connectivity index (χ2v) is 4.81. The van der Waals surface area contributed by atoms with E-state index in [2.05, 4.69) is 61.0 Å². The number of benzene rings is 1. The summed E-state index contributed by atoms with van der Waals surface area (Å²) in [6, 6.07) is 8.79. The lowest BCUT2D eigenvalue weighted by Gasteiger charge is -2.07. The fourth-order valence-electron chi connectivity index (χ4n) is 1.15. The quantitative estimate of drug-likeness (QED) is 0.662. The topological polar surface area (TPSA) is 0 Å². The summed E-state index contributed by atoms with van der Waals surface area (Å²) < 4.78 is 0. The Morgan fingerprint density at radius 3 is 1.67 bits per heavy atom. The highest BCUT2D eigenvalue weighted by atomic mass is 79.9. The summed E-state index contributed by atoms with van der Waals surface area (Å²) in [6.07, 6.45) is 0. The summed E-state index contributed by atoms with van der Waals surface area (Å²) in [5, 5.41) is 0. The third-order valence-corrected chi connectivity index (χ3v) is 2.59. The van der Waals surface area contributed by atoms with Crippen molar-refractivity contribution < 1.29 is 0 Å². The Balaban J connectivity index is 2.86. The highest BCUT2D eigenvalue weighted by molar-refractivity contribution is 9.09. The molecule has 12 heavy (non-hydrogen) atoms. The molecule has 1 atom stereocenters. The predicted octanol–water partition coefficient (Wildman–Crippen LogP) is 4.27. The summed E-state index contributed by atoms with van der Waals surface area (Å²) in [5.74, 6) is 0.629.